The van der Waals surface area contributed by atoms with Crippen LogP contribution in [0.1, 0.15) is 22.8 Å². The van der Waals surface area contributed by atoms with E-state index < -0.39 is 0 Å². The van der Waals surface area contributed by atoms with E-state index >= 15 is 0 Å². The largest absolute Gasteiger partial charge is 0.492 e. The molecule has 2 aromatic carbocycles. The van der Waals surface area contributed by atoms with Crippen LogP contribution in [0.15, 0.2) is 30.3 Å². The lowest BCUT2D eigenvalue weighted by atomic mass is 10.1. The third kappa shape index (κ3) is 5.08. The van der Waals surface area contributed by atoms with Gasteiger partial charge in [-0.3, -0.25) is 4.79 Å². The standard InChI is InChI=1S/C24H33N3O5/c1-5-26-12-14-27(15-13-26)24(28)19-16-20(22(30-3)23(31-4)21(19)29-2)32-18-8-6-17(7-9-18)10-11-25/h6-9,16H,5,10-15,25H2,1-4H3. The van der Waals surface area contributed by atoms with Crippen LogP contribution < -0.4 is 24.7 Å². The third-order valence-electron chi connectivity index (χ3n) is 5.69. The van der Waals surface area contributed by atoms with Crippen molar-refractivity contribution in [3.63, 3.8) is 0 Å². The van der Waals surface area contributed by atoms with Crippen LogP contribution >= 0.6 is 0 Å². The molecule has 8 heteroatoms. The Labute approximate surface area is 189 Å². The monoisotopic (exact) mass is 443 g/mol. The highest BCUT2D eigenvalue weighted by Gasteiger charge is 2.30. The van der Waals surface area contributed by atoms with Crippen LogP contribution in [0.4, 0.5) is 0 Å². The minimum Gasteiger partial charge on any atom is -0.492 e. The van der Waals surface area contributed by atoms with Gasteiger partial charge in [-0.25, -0.2) is 0 Å². The number of nitrogens with zero attached hydrogens (tertiary/aromatic N) is 2. The van der Waals surface area contributed by atoms with Gasteiger partial charge in [-0.1, -0.05) is 19.1 Å². The van der Waals surface area contributed by atoms with Crippen molar-refractivity contribution in [1.82, 2.24) is 9.80 Å². The first-order chi connectivity index (χ1) is 15.6. The molecule has 0 aliphatic carbocycles. The molecule has 8 nitrogen and oxygen atoms in total. The van der Waals surface area contributed by atoms with Gasteiger partial charge in [0.15, 0.2) is 11.5 Å². The summed E-state index contributed by atoms with van der Waals surface area (Å²) in [6.45, 7) is 6.69. The Morgan fingerprint density at radius 1 is 0.938 bits per heavy atom. The zero-order valence-electron chi connectivity index (χ0n) is 19.3. The lowest BCUT2D eigenvalue weighted by Crippen LogP contribution is -2.48. The van der Waals surface area contributed by atoms with Crippen molar-refractivity contribution in [2.24, 2.45) is 5.73 Å². The first kappa shape index (κ1) is 23.7. The van der Waals surface area contributed by atoms with E-state index in [9.17, 15) is 4.79 Å². The van der Waals surface area contributed by atoms with Gasteiger partial charge in [0.2, 0.25) is 11.5 Å². The van der Waals surface area contributed by atoms with E-state index in [4.69, 9.17) is 24.7 Å². The number of amides is 1. The number of methoxy groups -OCH3 is 3. The number of carbonyl (C=O) groups is 1. The second kappa shape index (κ2) is 11.1. The predicted molar refractivity (Wildman–Crippen MR) is 123 cm³/mol. The summed E-state index contributed by atoms with van der Waals surface area (Å²) in [6, 6.07) is 9.34. The van der Waals surface area contributed by atoms with Gasteiger partial charge in [-0.05, 0) is 37.2 Å². The highest BCUT2D eigenvalue weighted by atomic mass is 16.5. The summed E-state index contributed by atoms with van der Waals surface area (Å²) in [6.07, 6.45) is 0.796. The average molecular weight is 444 g/mol. The molecule has 0 atom stereocenters. The minimum absolute atomic E-state index is 0.123. The summed E-state index contributed by atoms with van der Waals surface area (Å²) >= 11 is 0. The number of hydrogen-bond donors (Lipinski definition) is 1. The molecule has 1 amide bonds. The van der Waals surface area contributed by atoms with Crippen LogP contribution in [0.25, 0.3) is 0 Å². The molecule has 0 radical (unpaired) electrons. The molecular formula is C24H33N3O5. The Hall–Kier alpha value is -2.97. The van der Waals surface area contributed by atoms with Crippen molar-refractivity contribution < 1.29 is 23.7 Å². The van der Waals surface area contributed by atoms with Crippen molar-refractivity contribution in [2.75, 3.05) is 60.6 Å². The maximum atomic E-state index is 13.4. The zero-order chi connectivity index (χ0) is 23.1. The maximum absolute atomic E-state index is 13.4. The molecule has 1 heterocycles. The molecule has 0 aromatic heterocycles. The highest BCUT2D eigenvalue weighted by Crippen LogP contribution is 2.48. The number of benzene rings is 2. The number of ether oxygens (including phenoxy) is 4. The SMILES string of the molecule is CCN1CCN(C(=O)c2cc(Oc3ccc(CCN)cc3)c(OC)c(OC)c2OC)CC1. The van der Waals surface area contributed by atoms with E-state index in [2.05, 4.69) is 11.8 Å². The van der Waals surface area contributed by atoms with Gasteiger partial charge in [0.1, 0.15) is 5.75 Å². The average Bonchev–Trinajstić information content (AvgIpc) is 2.84. The molecule has 0 unspecified atom stereocenters. The maximum Gasteiger partial charge on any atom is 0.258 e. The van der Waals surface area contributed by atoms with Gasteiger partial charge >= 0.3 is 0 Å². The fourth-order valence-corrected chi connectivity index (χ4v) is 3.87. The molecule has 1 aliphatic rings. The van der Waals surface area contributed by atoms with Crippen molar-refractivity contribution in [3.05, 3.63) is 41.5 Å². The molecule has 0 saturated carbocycles. The zero-order valence-corrected chi connectivity index (χ0v) is 19.3. The van der Waals surface area contributed by atoms with Crippen LogP contribution in [-0.2, 0) is 6.42 Å². The predicted octanol–water partition coefficient (Wildman–Crippen LogP) is 2.78. The topological polar surface area (TPSA) is 86.5 Å². The van der Waals surface area contributed by atoms with E-state index in [1.165, 1.54) is 21.3 Å². The van der Waals surface area contributed by atoms with Crippen LogP contribution in [0.2, 0.25) is 0 Å². The van der Waals surface area contributed by atoms with Crippen LogP contribution in [0.5, 0.6) is 28.7 Å². The lowest BCUT2D eigenvalue weighted by Gasteiger charge is -2.34. The molecule has 0 bridgehead atoms. The molecule has 0 spiro atoms. The van der Waals surface area contributed by atoms with Gasteiger partial charge in [-0.2, -0.15) is 0 Å². The summed E-state index contributed by atoms with van der Waals surface area (Å²) in [5.74, 6) is 1.89. The smallest absolute Gasteiger partial charge is 0.258 e. The summed E-state index contributed by atoms with van der Waals surface area (Å²) < 4.78 is 22.9. The lowest BCUT2D eigenvalue weighted by molar-refractivity contribution is 0.0639. The molecule has 32 heavy (non-hydrogen) atoms. The van der Waals surface area contributed by atoms with E-state index in [1.807, 2.05) is 29.2 Å². The normalized spacial score (nSPS) is 14.2. The number of hydrogen-bond acceptors (Lipinski definition) is 7. The Bertz CT molecular complexity index is 909. The number of piperazine rings is 1. The molecule has 1 aliphatic heterocycles. The molecular weight excluding hydrogens is 410 g/mol. The van der Waals surface area contributed by atoms with Crippen molar-refractivity contribution in [3.8, 4) is 28.7 Å². The van der Waals surface area contributed by atoms with Crippen LogP contribution in [0.3, 0.4) is 0 Å². The number of likely N-dealkylation sites (N-methyl/N-ethyl adjacent to an activating group) is 1. The van der Waals surface area contributed by atoms with E-state index in [0.29, 0.717) is 53.9 Å². The Balaban J connectivity index is 1.97. The molecule has 1 fully saturated rings. The first-order valence-corrected chi connectivity index (χ1v) is 10.9. The Morgan fingerprint density at radius 3 is 2.09 bits per heavy atom. The molecule has 174 valence electrons. The van der Waals surface area contributed by atoms with E-state index in [-0.39, 0.29) is 5.91 Å². The van der Waals surface area contributed by atoms with E-state index in [1.54, 1.807) is 6.07 Å². The van der Waals surface area contributed by atoms with Gasteiger partial charge < -0.3 is 34.5 Å². The number of carbonyl (C=O) groups excluding carboxylic acids is 1. The summed E-state index contributed by atoms with van der Waals surface area (Å²) in [7, 11) is 4.56. The Morgan fingerprint density at radius 2 is 1.56 bits per heavy atom. The van der Waals surface area contributed by atoms with Crippen molar-refractivity contribution in [2.45, 2.75) is 13.3 Å². The summed E-state index contributed by atoms with van der Waals surface area (Å²) in [5.41, 5.74) is 7.13. The Kier molecular flexibility index (Phi) is 8.19. The number of nitrogens with two attached hydrogens (primary N) is 1. The number of rotatable bonds is 9. The van der Waals surface area contributed by atoms with Gasteiger partial charge in [0.05, 0.1) is 26.9 Å². The summed E-state index contributed by atoms with van der Waals surface area (Å²) in [5, 5.41) is 0. The first-order valence-electron chi connectivity index (χ1n) is 10.9. The van der Waals surface area contributed by atoms with Gasteiger partial charge in [0, 0.05) is 32.2 Å². The van der Waals surface area contributed by atoms with Gasteiger partial charge in [-0.15, -0.1) is 0 Å². The molecule has 3 rings (SSSR count). The second-order valence-corrected chi connectivity index (χ2v) is 7.53. The summed E-state index contributed by atoms with van der Waals surface area (Å²) in [4.78, 5) is 17.6. The fraction of sp³-hybridized carbons (Fsp3) is 0.458. The second-order valence-electron chi connectivity index (χ2n) is 7.53. The molecule has 1 saturated heterocycles. The highest BCUT2D eigenvalue weighted by molar-refractivity contribution is 5.99. The van der Waals surface area contributed by atoms with Crippen LogP contribution in [0, 0.1) is 0 Å². The van der Waals surface area contributed by atoms with Crippen LogP contribution in [-0.4, -0.2) is 76.3 Å². The van der Waals surface area contributed by atoms with E-state index in [0.717, 1.165) is 31.6 Å². The third-order valence-corrected chi connectivity index (χ3v) is 5.69. The van der Waals surface area contributed by atoms with Gasteiger partial charge in [0.25, 0.3) is 5.91 Å². The molecule has 2 N–H and O–H groups in total. The fourth-order valence-electron chi connectivity index (χ4n) is 3.87. The van der Waals surface area contributed by atoms with Crippen molar-refractivity contribution in [1.29, 1.82) is 0 Å². The minimum atomic E-state index is -0.123. The van der Waals surface area contributed by atoms with Crippen molar-refractivity contribution >= 4 is 5.91 Å². The quantitative estimate of drug-likeness (QED) is 0.638. The molecule has 2 aromatic rings.